The fraction of sp³-hybridized carbons (Fsp3) is 0.333. The number of carbonyl (C=O) groups is 1. The van der Waals surface area contributed by atoms with Crippen molar-refractivity contribution in [2.75, 3.05) is 38.2 Å². The van der Waals surface area contributed by atoms with Gasteiger partial charge in [-0.05, 0) is 19.1 Å². The van der Waals surface area contributed by atoms with E-state index in [-0.39, 0.29) is 17.2 Å². The maximum absolute atomic E-state index is 14.2. The summed E-state index contributed by atoms with van der Waals surface area (Å²) in [6.07, 6.45) is 1.47. The standard InChI is InChI=1S/C18H19FN6O2/c1-12-10-15(25-18(22-12)20-11-21-25)23-6-8-24(9-7-23)17(26)16-13(19)4-3-5-14(16)27-2/h3-5,10-11H,6-9H2,1-2H3. The van der Waals surface area contributed by atoms with Crippen molar-refractivity contribution in [2.45, 2.75) is 6.92 Å². The number of piperazine rings is 1. The Morgan fingerprint density at radius 3 is 2.74 bits per heavy atom. The fourth-order valence-corrected chi connectivity index (χ4v) is 3.32. The van der Waals surface area contributed by atoms with Crippen molar-refractivity contribution in [1.29, 1.82) is 0 Å². The molecule has 9 heteroatoms. The third-order valence-electron chi connectivity index (χ3n) is 4.66. The average molecular weight is 370 g/mol. The molecule has 3 aromatic rings. The molecule has 0 bridgehead atoms. The van der Waals surface area contributed by atoms with Crippen molar-refractivity contribution in [1.82, 2.24) is 24.5 Å². The highest BCUT2D eigenvalue weighted by Gasteiger charge is 2.27. The van der Waals surface area contributed by atoms with Crippen LogP contribution in [0.25, 0.3) is 5.78 Å². The van der Waals surface area contributed by atoms with Gasteiger partial charge in [-0.15, -0.1) is 0 Å². The molecule has 27 heavy (non-hydrogen) atoms. The molecule has 1 amide bonds. The van der Waals surface area contributed by atoms with Gasteiger partial charge >= 0.3 is 0 Å². The maximum Gasteiger partial charge on any atom is 0.260 e. The van der Waals surface area contributed by atoms with Crippen molar-refractivity contribution in [2.24, 2.45) is 0 Å². The largest absolute Gasteiger partial charge is 0.496 e. The van der Waals surface area contributed by atoms with Crippen molar-refractivity contribution in [3.8, 4) is 5.75 Å². The van der Waals surface area contributed by atoms with E-state index in [2.05, 4.69) is 20.0 Å². The summed E-state index contributed by atoms with van der Waals surface area (Å²) in [5, 5.41) is 4.23. The van der Waals surface area contributed by atoms with Crippen molar-refractivity contribution in [3.05, 3.63) is 47.7 Å². The van der Waals surface area contributed by atoms with Crippen LogP contribution in [0.1, 0.15) is 16.1 Å². The highest BCUT2D eigenvalue weighted by molar-refractivity contribution is 5.97. The van der Waals surface area contributed by atoms with Gasteiger partial charge in [-0.25, -0.2) is 9.37 Å². The van der Waals surface area contributed by atoms with Gasteiger partial charge in [0, 0.05) is 37.9 Å². The second kappa shape index (κ2) is 6.82. The summed E-state index contributed by atoms with van der Waals surface area (Å²) in [5.74, 6) is 0.735. The monoisotopic (exact) mass is 370 g/mol. The molecule has 1 aromatic carbocycles. The molecule has 0 radical (unpaired) electrons. The molecule has 0 N–H and O–H groups in total. The molecule has 0 saturated carbocycles. The van der Waals surface area contributed by atoms with E-state index in [1.165, 1.54) is 25.6 Å². The molecule has 1 fully saturated rings. The number of aromatic nitrogens is 4. The van der Waals surface area contributed by atoms with Crippen LogP contribution >= 0.6 is 0 Å². The minimum atomic E-state index is -0.573. The first-order valence-electron chi connectivity index (χ1n) is 8.62. The van der Waals surface area contributed by atoms with Gasteiger partial charge in [0.05, 0.1) is 7.11 Å². The molecule has 0 aliphatic carbocycles. The Bertz CT molecular complexity index is 997. The van der Waals surface area contributed by atoms with E-state index >= 15 is 0 Å². The molecule has 3 heterocycles. The molecule has 140 valence electrons. The quantitative estimate of drug-likeness (QED) is 0.696. The molecule has 0 atom stereocenters. The lowest BCUT2D eigenvalue weighted by molar-refractivity contribution is 0.0738. The number of anilines is 1. The van der Waals surface area contributed by atoms with E-state index < -0.39 is 5.82 Å². The number of aryl methyl sites for hydroxylation is 1. The topological polar surface area (TPSA) is 75.9 Å². The van der Waals surface area contributed by atoms with Gasteiger partial charge in [0.1, 0.15) is 29.3 Å². The maximum atomic E-state index is 14.2. The van der Waals surface area contributed by atoms with Crippen molar-refractivity contribution in [3.63, 3.8) is 0 Å². The Kier molecular flexibility index (Phi) is 4.35. The molecular formula is C18H19FN6O2. The summed E-state index contributed by atoms with van der Waals surface area (Å²) in [6, 6.07) is 6.33. The predicted octanol–water partition coefficient (Wildman–Crippen LogP) is 1.54. The van der Waals surface area contributed by atoms with Gasteiger partial charge in [-0.3, -0.25) is 4.79 Å². The van der Waals surface area contributed by atoms with Crippen LogP contribution in [-0.4, -0.2) is 63.7 Å². The molecule has 2 aromatic heterocycles. The number of nitrogens with zero attached hydrogens (tertiary/aromatic N) is 6. The summed E-state index contributed by atoms with van der Waals surface area (Å²) in [5.41, 5.74) is 0.826. The van der Waals surface area contributed by atoms with Crippen LogP contribution in [0.5, 0.6) is 5.75 Å². The van der Waals surface area contributed by atoms with Crippen LogP contribution < -0.4 is 9.64 Å². The van der Waals surface area contributed by atoms with E-state index in [0.29, 0.717) is 32.0 Å². The summed E-state index contributed by atoms with van der Waals surface area (Å²) in [7, 11) is 1.43. The Balaban J connectivity index is 1.54. The van der Waals surface area contributed by atoms with Crippen molar-refractivity contribution >= 4 is 17.5 Å². The summed E-state index contributed by atoms with van der Waals surface area (Å²) in [6.45, 7) is 4.03. The van der Waals surface area contributed by atoms with Gasteiger partial charge in [-0.2, -0.15) is 14.6 Å². The summed E-state index contributed by atoms with van der Waals surface area (Å²) in [4.78, 5) is 25.1. The number of fused-ring (bicyclic) bond motifs is 1. The normalized spacial score (nSPS) is 14.6. The van der Waals surface area contributed by atoms with Crippen LogP contribution in [0.15, 0.2) is 30.6 Å². The minimum Gasteiger partial charge on any atom is -0.496 e. The molecule has 1 aliphatic heterocycles. The van der Waals surface area contributed by atoms with E-state index in [1.807, 2.05) is 13.0 Å². The molecule has 1 aliphatic rings. The van der Waals surface area contributed by atoms with Crippen LogP contribution in [0.4, 0.5) is 10.2 Å². The smallest absolute Gasteiger partial charge is 0.260 e. The van der Waals surface area contributed by atoms with E-state index in [0.717, 1.165) is 11.5 Å². The second-order valence-electron chi connectivity index (χ2n) is 6.32. The van der Waals surface area contributed by atoms with E-state index in [1.54, 1.807) is 15.5 Å². The molecule has 4 rings (SSSR count). The zero-order chi connectivity index (χ0) is 19.0. The zero-order valence-corrected chi connectivity index (χ0v) is 15.1. The Morgan fingerprint density at radius 1 is 1.22 bits per heavy atom. The number of methoxy groups -OCH3 is 1. The van der Waals surface area contributed by atoms with Crippen molar-refractivity contribution < 1.29 is 13.9 Å². The summed E-state index contributed by atoms with van der Waals surface area (Å²) < 4.78 is 21.0. The van der Waals surface area contributed by atoms with Gasteiger partial charge in [0.25, 0.3) is 11.7 Å². The Hall–Kier alpha value is -3.23. The molecule has 8 nitrogen and oxygen atoms in total. The number of halogens is 1. The van der Waals surface area contributed by atoms with Crippen LogP contribution in [0, 0.1) is 12.7 Å². The van der Waals surface area contributed by atoms with Gasteiger partial charge in [-0.1, -0.05) is 6.07 Å². The van der Waals surface area contributed by atoms with Gasteiger partial charge in [0.2, 0.25) is 0 Å². The lowest BCUT2D eigenvalue weighted by Gasteiger charge is -2.36. The number of rotatable bonds is 3. The lowest BCUT2D eigenvalue weighted by atomic mass is 10.1. The fourth-order valence-electron chi connectivity index (χ4n) is 3.32. The predicted molar refractivity (Wildman–Crippen MR) is 96.6 cm³/mol. The second-order valence-corrected chi connectivity index (χ2v) is 6.32. The third-order valence-corrected chi connectivity index (χ3v) is 4.66. The van der Waals surface area contributed by atoms with Crippen LogP contribution in [0.2, 0.25) is 0 Å². The van der Waals surface area contributed by atoms with Crippen LogP contribution in [0.3, 0.4) is 0 Å². The Morgan fingerprint density at radius 2 is 2.00 bits per heavy atom. The van der Waals surface area contributed by atoms with Gasteiger partial charge in [0.15, 0.2) is 0 Å². The summed E-state index contributed by atoms with van der Waals surface area (Å²) >= 11 is 0. The first kappa shape index (κ1) is 17.2. The highest BCUT2D eigenvalue weighted by Crippen LogP contribution is 2.24. The molecule has 1 saturated heterocycles. The first-order valence-corrected chi connectivity index (χ1v) is 8.62. The molecule has 0 unspecified atom stereocenters. The van der Waals surface area contributed by atoms with E-state index in [9.17, 15) is 9.18 Å². The number of hydrogen-bond acceptors (Lipinski definition) is 6. The molecular weight excluding hydrogens is 351 g/mol. The highest BCUT2D eigenvalue weighted by atomic mass is 19.1. The van der Waals surface area contributed by atoms with Gasteiger partial charge < -0.3 is 14.5 Å². The number of ether oxygens (including phenoxy) is 1. The first-order chi connectivity index (χ1) is 13.1. The molecule has 0 spiro atoms. The minimum absolute atomic E-state index is 0.0214. The SMILES string of the molecule is COc1cccc(F)c1C(=O)N1CCN(c2cc(C)nc3ncnn23)CC1. The number of carbonyl (C=O) groups excluding carboxylic acids is 1. The van der Waals surface area contributed by atoms with Crippen LogP contribution in [-0.2, 0) is 0 Å². The average Bonchev–Trinajstić information content (AvgIpc) is 3.15. The number of hydrogen-bond donors (Lipinski definition) is 0. The Labute approximate surface area is 155 Å². The number of benzene rings is 1. The third kappa shape index (κ3) is 3.05. The number of amides is 1. The lowest BCUT2D eigenvalue weighted by Crippen LogP contribution is -2.49. The zero-order valence-electron chi connectivity index (χ0n) is 15.1. The van der Waals surface area contributed by atoms with E-state index in [4.69, 9.17) is 4.74 Å².